The third-order valence-corrected chi connectivity index (χ3v) is 5.54. The maximum absolute atomic E-state index is 3.90. The molecule has 3 aliphatic carbocycles. The highest BCUT2D eigenvalue weighted by molar-refractivity contribution is 4.98. The van der Waals surface area contributed by atoms with Gasteiger partial charge in [0, 0.05) is 6.04 Å². The van der Waals surface area contributed by atoms with E-state index in [1.165, 1.54) is 32.2 Å². The Morgan fingerprint density at radius 3 is 2.50 bits per heavy atom. The quantitative estimate of drug-likeness (QED) is 0.748. The van der Waals surface area contributed by atoms with Crippen LogP contribution in [-0.2, 0) is 0 Å². The molecule has 92 valence electrons. The van der Waals surface area contributed by atoms with Crippen molar-refractivity contribution in [1.29, 1.82) is 0 Å². The minimum atomic E-state index is 0.893. The Kier molecular flexibility index (Phi) is 3.24. The topological polar surface area (TPSA) is 12.0 Å². The maximum Gasteiger partial charge on any atom is 0.0126 e. The van der Waals surface area contributed by atoms with Crippen LogP contribution in [0.15, 0.2) is 0 Å². The van der Waals surface area contributed by atoms with Gasteiger partial charge >= 0.3 is 0 Å². The normalized spacial score (nSPS) is 39.9. The zero-order valence-corrected chi connectivity index (χ0v) is 10.8. The Morgan fingerprint density at radius 1 is 1.12 bits per heavy atom. The SMILES string of the molecule is CCCNC(C1CCC1)C1CC2CCC1C2. The van der Waals surface area contributed by atoms with Crippen molar-refractivity contribution < 1.29 is 0 Å². The third-order valence-electron chi connectivity index (χ3n) is 5.54. The molecule has 0 aliphatic heterocycles. The summed E-state index contributed by atoms with van der Waals surface area (Å²) in [5, 5.41) is 3.90. The van der Waals surface area contributed by atoms with Gasteiger partial charge < -0.3 is 5.32 Å². The molecule has 0 radical (unpaired) electrons. The average molecular weight is 221 g/mol. The molecule has 4 unspecified atom stereocenters. The molecule has 3 aliphatic rings. The molecular weight excluding hydrogens is 194 g/mol. The highest BCUT2D eigenvalue weighted by Crippen LogP contribution is 2.52. The molecule has 4 atom stereocenters. The Balaban J connectivity index is 1.62. The van der Waals surface area contributed by atoms with Gasteiger partial charge in [0.15, 0.2) is 0 Å². The smallest absolute Gasteiger partial charge is 0.0126 e. The first-order valence-electron chi connectivity index (χ1n) is 7.62. The molecule has 0 spiro atoms. The van der Waals surface area contributed by atoms with Crippen molar-refractivity contribution >= 4 is 0 Å². The second kappa shape index (κ2) is 4.68. The fraction of sp³-hybridized carbons (Fsp3) is 1.00. The summed E-state index contributed by atoms with van der Waals surface area (Å²) in [7, 11) is 0. The van der Waals surface area contributed by atoms with Crippen LogP contribution in [0.1, 0.15) is 58.3 Å². The molecule has 0 aromatic heterocycles. The number of rotatable bonds is 5. The lowest BCUT2D eigenvalue weighted by Crippen LogP contribution is -2.46. The standard InChI is InChI=1S/C15H27N/c1-2-8-16-15(12-4-3-5-12)14-10-11-6-7-13(14)9-11/h11-16H,2-10H2,1H3. The summed E-state index contributed by atoms with van der Waals surface area (Å²) in [6.45, 7) is 3.54. The first-order valence-corrected chi connectivity index (χ1v) is 7.62. The lowest BCUT2D eigenvalue weighted by atomic mass is 9.70. The fourth-order valence-electron chi connectivity index (χ4n) is 4.51. The Labute approximate surface area is 100 Å². The zero-order valence-electron chi connectivity index (χ0n) is 10.8. The van der Waals surface area contributed by atoms with Gasteiger partial charge in [-0.3, -0.25) is 0 Å². The van der Waals surface area contributed by atoms with Crippen molar-refractivity contribution in [2.45, 2.75) is 64.3 Å². The maximum atomic E-state index is 3.90. The van der Waals surface area contributed by atoms with E-state index in [0.29, 0.717) is 0 Å². The van der Waals surface area contributed by atoms with E-state index in [1.54, 1.807) is 25.7 Å². The Morgan fingerprint density at radius 2 is 2.00 bits per heavy atom. The van der Waals surface area contributed by atoms with Gasteiger partial charge in [0.05, 0.1) is 0 Å². The average Bonchev–Trinajstić information content (AvgIpc) is 2.82. The van der Waals surface area contributed by atoms with E-state index in [1.807, 2.05) is 0 Å². The van der Waals surface area contributed by atoms with Crippen LogP contribution in [0.3, 0.4) is 0 Å². The van der Waals surface area contributed by atoms with E-state index in [-0.39, 0.29) is 0 Å². The van der Waals surface area contributed by atoms with Crippen LogP contribution in [0.25, 0.3) is 0 Å². The molecule has 0 amide bonds. The van der Waals surface area contributed by atoms with Crippen molar-refractivity contribution in [3.8, 4) is 0 Å². The van der Waals surface area contributed by atoms with Crippen molar-refractivity contribution in [3.05, 3.63) is 0 Å². The van der Waals surface area contributed by atoms with Gasteiger partial charge in [-0.05, 0) is 68.7 Å². The van der Waals surface area contributed by atoms with Crippen LogP contribution in [0.4, 0.5) is 0 Å². The van der Waals surface area contributed by atoms with E-state index in [0.717, 1.165) is 29.7 Å². The Hall–Kier alpha value is -0.0400. The molecule has 1 nitrogen and oxygen atoms in total. The van der Waals surface area contributed by atoms with Crippen molar-refractivity contribution in [3.63, 3.8) is 0 Å². The summed E-state index contributed by atoms with van der Waals surface area (Å²) in [4.78, 5) is 0. The molecule has 0 heterocycles. The van der Waals surface area contributed by atoms with E-state index in [9.17, 15) is 0 Å². The van der Waals surface area contributed by atoms with E-state index < -0.39 is 0 Å². The van der Waals surface area contributed by atoms with Gasteiger partial charge in [0.1, 0.15) is 0 Å². The number of hydrogen-bond acceptors (Lipinski definition) is 1. The summed E-state index contributed by atoms with van der Waals surface area (Å²) in [6.07, 6.45) is 12.0. The molecule has 0 aromatic rings. The molecule has 16 heavy (non-hydrogen) atoms. The van der Waals surface area contributed by atoms with Crippen molar-refractivity contribution in [2.24, 2.45) is 23.7 Å². The first-order chi connectivity index (χ1) is 7.88. The second-order valence-corrected chi connectivity index (χ2v) is 6.51. The molecular formula is C15H27N. The van der Waals surface area contributed by atoms with Gasteiger partial charge in [-0.15, -0.1) is 0 Å². The van der Waals surface area contributed by atoms with E-state index >= 15 is 0 Å². The van der Waals surface area contributed by atoms with Crippen molar-refractivity contribution in [1.82, 2.24) is 5.32 Å². The van der Waals surface area contributed by atoms with Crippen LogP contribution in [0, 0.1) is 23.7 Å². The molecule has 2 bridgehead atoms. The van der Waals surface area contributed by atoms with Crippen LogP contribution in [0.5, 0.6) is 0 Å². The lowest BCUT2D eigenvalue weighted by molar-refractivity contribution is 0.136. The number of hydrogen-bond donors (Lipinski definition) is 1. The molecule has 0 saturated heterocycles. The van der Waals surface area contributed by atoms with Gasteiger partial charge in [-0.25, -0.2) is 0 Å². The summed E-state index contributed by atoms with van der Waals surface area (Å²) < 4.78 is 0. The fourth-order valence-corrected chi connectivity index (χ4v) is 4.51. The molecule has 3 fully saturated rings. The molecule has 1 heteroatoms. The van der Waals surface area contributed by atoms with E-state index in [4.69, 9.17) is 0 Å². The zero-order chi connectivity index (χ0) is 11.0. The highest BCUT2D eigenvalue weighted by Gasteiger charge is 2.45. The molecule has 3 saturated carbocycles. The van der Waals surface area contributed by atoms with Gasteiger partial charge in [0.25, 0.3) is 0 Å². The van der Waals surface area contributed by atoms with Gasteiger partial charge in [-0.2, -0.15) is 0 Å². The van der Waals surface area contributed by atoms with Crippen LogP contribution >= 0.6 is 0 Å². The first kappa shape index (κ1) is 11.1. The minimum Gasteiger partial charge on any atom is -0.313 e. The van der Waals surface area contributed by atoms with Gasteiger partial charge in [-0.1, -0.05) is 19.8 Å². The number of nitrogens with one attached hydrogen (secondary N) is 1. The predicted octanol–water partition coefficient (Wildman–Crippen LogP) is 3.59. The van der Waals surface area contributed by atoms with E-state index in [2.05, 4.69) is 12.2 Å². The summed E-state index contributed by atoms with van der Waals surface area (Å²) in [5.74, 6) is 4.30. The summed E-state index contributed by atoms with van der Waals surface area (Å²) >= 11 is 0. The summed E-state index contributed by atoms with van der Waals surface area (Å²) in [5.41, 5.74) is 0. The second-order valence-electron chi connectivity index (χ2n) is 6.51. The summed E-state index contributed by atoms with van der Waals surface area (Å²) in [6, 6.07) is 0.893. The van der Waals surface area contributed by atoms with Gasteiger partial charge in [0.2, 0.25) is 0 Å². The monoisotopic (exact) mass is 221 g/mol. The van der Waals surface area contributed by atoms with Crippen LogP contribution < -0.4 is 5.32 Å². The minimum absolute atomic E-state index is 0.893. The van der Waals surface area contributed by atoms with Crippen LogP contribution in [-0.4, -0.2) is 12.6 Å². The molecule has 1 N–H and O–H groups in total. The molecule has 3 rings (SSSR count). The van der Waals surface area contributed by atoms with Crippen molar-refractivity contribution in [2.75, 3.05) is 6.54 Å². The third kappa shape index (κ3) is 1.92. The predicted molar refractivity (Wildman–Crippen MR) is 68.4 cm³/mol. The Bertz CT molecular complexity index is 234. The molecule has 0 aromatic carbocycles. The van der Waals surface area contributed by atoms with Crippen LogP contribution in [0.2, 0.25) is 0 Å². The largest absolute Gasteiger partial charge is 0.313 e. The lowest BCUT2D eigenvalue weighted by Gasteiger charge is -2.41. The highest BCUT2D eigenvalue weighted by atomic mass is 14.9. The number of fused-ring (bicyclic) bond motifs is 2.